The first-order chi connectivity index (χ1) is 15.2. The molecule has 0 fully saturated rings. The number of carbonyl (C=O) groups is 2. The summed E-state index contributed by atoms with van der Waals surface area (Å²) in [6.45, 7) is 1.39. The summed E-state index contributed by atoms with van der Waals surface area (Å²) in [5, 5.41) is 5.31. The molecule has 0 saturated heterocycles. The molecule has 0 radical (unpaired) electrons. The van der Waals surface area contributed by atoms with Gasteiger partial charge in [-0.1, -0.05) is 30.3 Å². The smallest absolute Gasteiger partial charge is 0.242 e. The van der Waals surface area contributed by atoms with Crippen LogP contribution >= 0.6 is 0 Å². The number of sulfonamides is 1. The lowest BCUT2D eigenvalue weighted by Gasteiger charge is -2.19. The second-order valence-electron chi connectivity index (χ2n) is 7.07. The van der Waals surface area contributed by atoms with Gasteiger partial charge in [-0.25, -0.2) is 12.8 Å². The zero-order valence-electron chi connectivity index (χ0n) is 17.2. The highest BCUT2D eigenvalue weighted by Crippen LogP contribution is 2.16. The van der Waals surface area contributed by atoms with Crippen LogP contribution in [0, 0.1) is 5.82 Å². The minimum absolute atomic E-state index is 0.108. The van der Waals surface area contributed by atoms with Crippen LogP contribution in [0.2, 0.25) is 0 Å². The monoisotopic (exact) mass is 455 g/mol. The van der Waals surface area contributed by atoms with Gasteiger partial charge in [-0.3, -0.25) is 9.59 Å². The molecule has 0 aliphatic rings. The molecule has 2 amide bonds. The molecule has 3 aromatic rings. The highest BCUT2D eigenvalue weighted by Gasteiger charge is 2.26. The van der Waals surface area contributed by atoms with Gasteiger partial charge in [-0.05, 0) is 60.5 Å². The van der Waals surface area contributed by atoms with Crippen LogP contribution < -0.4 is 15.4 Å². The summed E-state index contributed by atoms with van der Waals surface area (Å²) in [6.07, 6.45) is 0.108. The highest BCUT2D eigenvalue weighted by molar-refractivity contribution is 7.89. The van der Waals surface area contributed by atoms with E-state index in [4.69, 9.17) is 0 Å². The molecular formula is C23H22FN3O4S. The molecule has 32 heavy (non-hydrogen) atoms. The fraction of sp³-hybridized carbons (Fsp3) is 0.130. The number of carbonyl (C=O) groups excluding carboxylic acids is 2. The quantitative estimate of drug-likeness (QED) is 0.485. The summed E-state index contributed by atoms with van der Waals surface area (Å²) in [7, 11) is -4.08. The maximum atomic E-state index is 13.2. The standard InChI is InChI=1S/C23H22FN3O4S/c1-16(28)25-19-9-11-20(12-10-19)26-23(29)22(15-17-5-3-2-4-6-17)27-32(30,31)21-13-7-18(24)8-14-21/h2-14,22,27H,15H2,1H3,(H,25,28)(H,26,29). The topological polar surface area (TPSA) is 104 Å². The Bertz CT molecular complexity index is 1180. The van der Waals surface area contributed by atoms with E-state index in [-0.39, 0.29) is 17.2 Å². The molecule has 0 spiro atoms. The van der Waals surface area contributed by atoms with E-state index in [1.165, 1.54) is 6.92 Å². The Morgan fingerprint density at radius 3 is 1.97 bits per heavy atom. The van der Waals surface area contributed by atoms with Gasteiger partial charge < -0.3 is 10.6 Å². The molecule has 166 valence electrons. The number of hydrogen-bond donors (Lipinski definition) is 3. The normalized spacial score (nSPS) is 12.1. The van der Waals surface area contributed by atoms with Crippen molar-refractivity contribution in [3.8, 4) is 0 Å². The third kappa shape index (κ3) is 6.47. The lowest BCUT2D eigenvalue weighted by molar-refractivity contribution is -0.117. The Morgan fingerprint density at radius 2 is 1.41 bits per heavy atom. The van der Waals surface area contributed by atoms with Crippen LogP contribution in [0.25, 0.3) is 0 Å². The molecule has 3 rings (SSSR count). The highest BCUT2D eigenvalue weighted by atomic mass is 32.2. The summed E-state index contributed by atoms with van der Waals surface area (Å²) in [5.41, 5.74) is 1.76. The van der Waals surface area contributed by atoms with Crippen LogP contribution in [0.3, 0.4) is 0 Å². The lowest BCUT2D eigenvalue weighted by Crippen LogP contribution is -2.45. The number of benzene rings is 3. The second kappa shape index (κ2) is 10.2. The molecule has 0 bridgehead atoms. The van der Waals surface area contributed by atoms with Crippen molar-refractivity contribution in [2.75, 3.05) is 10.6 Å². The van der Waals surface area contributed by atoms with Crippen molar-refractivity contribution in [2.24, 2.45) is 0 Å². The Labute approximate surface area is 185 Å². The van der Waals surface area contributed by atoms with Gasteiger partial charge in [0, 0.05) is 18.3 Å². The van der Waals surface area contributed by atoms with Gasteiger partial charge in [0.15, 0.2) is 0 Å². The average Bonchev–Trinajstić information content (AvgIpc) is 2.75. The second-order valence-corrected chi connectivity index (χ2v) is 8.78. The zero-order chi connectivity index (χ0) is 23.1. The first kappa shape index (κ1) is 23.1. The first-order valence-electron chi connectivity index (χ1n) is 9.73. The number of halogens is 1. The molecule has 0 aliphatic carbocycles. The van der Waals surface area contributed by atoms with Crippen molar-refractivity contribution < 1.29 is 22.4 Å². The molecule has 1 atom stereocenters. The van der Waals surface area contributed by atoms with Gasteiger partial charge in [-0.2, -0.15) is 4.72 Å². The number of amides is 2. The fourth-order valence-corrected chi connectivity index (χ4v) is 4.17. The average molecular weight is 456 g/mol. The Kier molecular flexibility index (Phi) is 7.34. The predicted molar refractivity (Wildman–Crippen MR) is 120 cm³/mol. The summed E-state index contributed by atoms with van der Waals surface area (Å²) in [6, 6.07) is 18.6. The molecule has 0 aliphatic heterocycles. The summed E-state index contributed by atoms with van der Waals surface area (Å²) < 4.78 is 41.2. The van der Waals surface area contributed by atoms with E-state index < -0.39 is 27.8 Å². The minimum atomic E-state index is -4.08. The SMILES string of the molecule is CC(=O)Nc1ccc(NC(=O)C(Cc2ccccc2)NS(=O)(=O)c2ccc(F)cc2)cc1. The molecule has 0 heterocycles. The van der Waals surface area contributed by atoms with Gasteiger partial charge >= 0.3 is 0 Å². The maximum Gasteiger partial charge on any atom is 0.242 e. The van der Waals surface area contributed by atoms with E-state index in [2.05, 4.69) is 15.4 Å². The van der Waals surface area contributed by atoms with Crippen LogP contribution in [-0.4, -0.2) is 26.3 Å². The van der Waals surface area contributed by atoms with Crippen molar-refractivity contribution >= 4 is 33.2 Å². The van der Waals surface area contributed by atoms with E-state index in [1.54, 1.807) is 48.5 Å². The first-order valence-corrected chi connectivity index (χ1v) is 11.2. The maximum absolute atomic E-state index is 13.2. The van der Waals surface area contributed by atoms with Crippen LogP contribution in [-0.2, 0) is 26.0 Å². The van der Waals surface area contributed by atoms with Gasteiger partial charge in [0.2, 0.25) is 21.8 Å². The van der Waals surface area contributed by atoms with Crippen molar-refractivity contribution in [1.82, 2.24) is 4.72 Å². The summed E-state index contributed by atoms with van der Waals surface area (Å²) >= 11 is 0. The third-order valence-corrected chi connectivity index (χ3v) is 5.98. The Morgan fingerprint density at radius 1 is 0.844 bits per heavy atom. The molecule has 9 heteroatoms. The summed E-state index contributed by atoms with van der Waals surface area (Å²) in [5.74, 6) is -1.35. The number of nitrogens with one attached hydrogen (secondary N) is 3. The Hall–Kier alpha value is -3.56. The van der Waals surface area contributed by atoms with Crippen LogP contribution in [0.4, 0.5) is 15.8 Å². The molecule has 7 nitrogen and oxygen atoms in total. The van der Waals surface area contributed by atoms with Gasteiger partial charge in [0.1, 0.15) is 11.9 Å². The predicted octanol–water partition coefficient (Wildman–Crippen LogP) is 3.31. The molecule has 0 saturated carbocycles. The number of rotatable bonds is 8. The largest absolute Gasteiger partial charge is 0.326 e. The van der Waals surface area contributed by atoms with Crippen LogP contribution in [0.1, 0.15) is 12.5 Å². The van der Waals surface area contributed by atoms with Crippen molar-refractivity contribution in [2.45, 2.75) is 24.3 Å². The van der Waals surface area contributed by atoms with Gasteiger partial charge in [-0.15, -0.1) is 0 Å². The molecule has 3 aromatic carbocycles. The lowest BCUT2D eigenvalue weighted by atomic mass is 10.1. The van der Waals surface area contributed by atoms with E-state index in [1.807, 2.05) is 6.07 Å². The third-order valence-electron chi connectivity index (χ3n) is 4.49. The van der Waals surface area contributed by atoms with E-state index in [0.717, 1.165) is 29.8 Å². The van der Waals surface area contributed by atoms with E-state index >= 15 is 0 Å². The van der Waals surface area contributed by atoms with Gasteiger partial charge in [0.25, 0.3) is 0 Å². The van der Waals surface area contributed by atoms with Crippen LogP contribution in [0.15, 0.2) is 83.8 Å². The van der Waals surface area contributed by atoms with Crippen molar-refractivity contribution in [3.63, 3.8) is 0 Å². The molecule has 3 N–H and O–H groups in total. The van der Waals surface area contributed by atoms with Crippen molar-refractivity contribution in [3.05, 3.63) is 90.2 Å². The van der Waals surface area contributed by atoms with Crippen molar-refractivity contribution in [1.29, 1.82) is 0 Å². The molecular weight excluding hydrogens is 433 g/mol. The fourth-order valence-electron chi connectivity index (χ4n) is 2.98. The summed E-state index contributed by atoms with van der Waals surface area (Å²) in [4.78, 5) is 24.0. The molecule has 1 unspecified atom stereocenters. The van der Waals surface area contributed by atoms with Crippen LogP contribution in [0.5, 0.6) is 0 Å². The number of anilines is 2. The molecule has 0 aromatic heterocycles. The van der Waals surface area contributed by atoms with Gasteiger partial charge in [0.05, 0.1) is 4.90 Å². The number of hydrogen-bond acceptors (Lipinski definition) is 4. The Balaban J connectivity index is 1.81. The zero-order valence-corrected chi connectivity index (χ0v) is 18.0. The van der Waals surface area contributed by atoms with E-state index in [0.29, 0.717) is 11.4 Å². The van der Waals surface area contributed by atoms with E-state index in [9.17, 15) is 22.4 Å². The minimum Gasteiger partial charge on any atom is -0.326 e.